The van der Waals surface area contributed by atoms with Gasteiger partial charge in [-0.1, -0.05) is 20.8 Å². The fourth-order valence-electron chi connectivity index (χ4n) is 2.18. The maximum absolute atomic E-state index is 12.0. The van der Waals surface area contributed by atoms with Gasteiger partial charge in [-0.05, 0) is 30.2 Å². The van der Waals surface area contributed by atoms with Crippen molar-refractivity contribution >= 4 is 17.5 Å². The molecule has 0 unspecified atom stereocenters. The monoisotopic (exact) mass is 340 g/mol. The number of nitrogens with one attached hydrogen (secondary N) is 3. The van der Waals surface area contributed by atoms with Crippen molar-refractivity contribution in [1.82, 2.24) is 20.4 Å². The van der Waals surface area contributed by atoms with Gasteiger partial charge in [0.25, 0.3) is 0 Å². The van der Waals surface area contributed by atoms with Gasteiger partial charge in [0.05, 0.1) is 0 Å². The van der Waals surface area contributed by atoms with Gasteiger partial charge in [-0.25, -0.2) is 4.79 Å². The quantitative estimate of drug-likeness (QED) is 0.655. The van der Waals surface area contributed by atoms with Gasteiger partial charge in [-0.3, -0.25) is 10.4 Å². The van der Waals surface area contributed by atoms with Crippen molar-refractivity contribution in [1.29, 1.82) is 0 Å². The lowest BCUT2D eigenvalue weighted by molar-refractivity contribution is 0.262. The molecule has 0 aliphatic carbocycles. The normalized spacial score (nSPS) is 10.9. The van der Waals surface area contributed by atoms with Crippen molar-refractivity contribution < 1.29 is 9.21 Å². The molecule has 8 nitrogen and oxygen atoms in total. The largest absolute Gasteiger partial charge is 0.421 e. The fraction of sp³-hybridized carbons (Fsp3) is 0.294. The van der Waals surface area contributed by atoms with Crippen LogP contribution in [0.5, 0.6) is 0 Å². The molecule has 0 fully saturated rings. The molecule has 2 heterocycles. The number of H-pyrrole nitrogens is 1. The second kappa shape index (κ2) is 7.16. The molecular formula is C17H20N6O2. The highest BCUT2D eigenvalue weighted by atomic mass is 16.4. The van der Waals surface area contributed by atoms with E-state index in [0.29, 0.717) is 35.6 Å². The molecule has 1 aromatic carbocycles. The molecule has 0 aliphatic heterocycles. The smallest absolute Gasteiger partial charge is 0.324 e. The summed E-state index contributed by atoms with van der Waals surface area (Å²) in [5.41, 5.74) is 2.41. The van der Waals surface area contributed by atoms with E-state index >= 15 is 0 Å². The van der Waals surface area contributed by atoms with E-state index in [0.717, 1.165) is 11.3 Å². The molecule has 0 radical (unpaired) electrons. The first-order valence-electron chi connectivity index (χ1n) is 8.11. The topological polar surface area (TPSA) is 109 Å². The summed E-state index contributed by atoms with van der Waals surface area (Å²) in [5, 5.41) is 20.3. The number of aromatic amines is 1. The number of rotatable bonds is 5. The van der Waals surface area contributed by atoms with Crippen molar-refractivity contribution in [3.63, 3.8) is 0 Å². The molecule has 0 saturated carbocycles. The molecule has 25 heavy (non-hydrogen) atoms. The lowest BCUT2D eigenvalue weighted by atomic mass is 10.1. The molecule has 2 amide bonds. The summed E-state index contributed by atoms with van der Waals surface area (Å²) in [4.78, 5) is 12.0. The van der Waals surface area contributed by atoms with Gasteiger partial charge in [0.1, 0.15) is 0 Å². The number of urea groups is 1. The number of hydrogen-bond acceptors (Lipinski definition) is 5. The Kier molecular flexibility index (Phi) is 4.78. The first kappa shape index (κ1) is 16.7. The van der Waals surface area contributed by atoms with E-state index in [9.17, 15) is 4.79 Å². The van der Waals surface area contributed by atoms with Crippen LogP contribution in [0.2, 0.25) is 0 Å². The summed E-state index contributed by atoms with van der Waals surface area (Å²) < 4.78 is 5.51. The summed E-state index contributed by atoms with van der Waals surface area (Å²) in [6, 6.07) is 8.63. The number of carbonyl (C=O) groups is 1. The van der Waals surface area contributed by atoms with Crippen LogP contribution in [-0.2, 0) is 6.42 Å². The van der Waals surface area contributed by atoms with E-state index in [2.05, 4.69) is 31.0 Å². The van der Waals surface area contributed by atoms with E-state index in [1.165, 1.54) is 0 Å². The Bertz CT molecular complexity index is 850. The minimum atomic E-state index is -0.361. The van der Waals surface area contributed by atoms with Crippen LogP contribution < -0.4 is 10.6 Å². The second-order valence-corrected chi connectivity index (χ2v) is 5.87. The van der Waals surface area contributed by atoms with Crippen LogP contribution >= 0.6 is 0 Å². The highest BCUT2D eigenvalue weighted by Crippen LogP contribution is 2.21. The number of anilines is 2. The predicted molar refractivity (Wildman–Crippen MR) is 94.4 cm³/mol. The van der Waals surface area contributed by atoms with Crippen LogP contribution in [0.1, 0.15) is 38.3 Å². The zero-order valence-electron chi connectivity index (χ0n) is 14.3. The van der Waals surface area contributed by atoms with Crippen molar-refractivity contribution in [2.45, 2.75) is 33.1 Å². The summed E-state index contributed by atoms with van der Waals surface area (Å²) >= 11 is 0. The molecule has 0 spiro atoms. The number of nitrogens with zero attached hydrogens (tertiary/aromatic N) is 3. The fourth-order valence-corrected chi connectivity index (χ4v) is 2.18. The highest BCUT2D eigenvalue weighted by molar-refractivity contribution is 5.99. The molecule has 3 aromatic rings. The molecule has 8 heteroatoms. The summed E-state index contributed by atoms with van der Waals surface area (Å²) in [6.45, 7) is 6.05. The predicted octanol–water partition coefficient (Wildman–Crippen LogP) is 3.79. The number of amides is 2. The number of aryl methyl sites for hydroxylation is 1. The van der Waals surface area contributed by atoms with Crippen LogP contribution in [0.25, 0.3) is 11.5 Å². The molecule has 3 N–H and O–H groups in total. The lowest BCUT2D eigenvalue weighted by Crippen LogP contribution is -2.19. The van der Waals surface area contributed by atoms with Crippen LogP contribution in [0.15, 0.2) is 34.7 Å². The summed E-state index contributed by atoms with van der Waals surface area (Å²) in [5.74, 6) is 1.86. The Labute approximate surface area is 145 Å². The van der Waals surface area contributed by atoms with Gasteiger partial charge in [0, 0.05) is 29.4 Å². The van der Waals surface area contributed by atoms with E-state index in [-0.39, 0.29) is 6.03 Å². The third-order valence-corrected chi connectivity index (χ3v) is 3.62. The Hall–Kier alpha value is -3.16. The van der Waals surface area contributed by atoms with E-state index in [4.69, 9.17) is 4.42 Å². The lowest BCUT2D eigenvalue weighted by Gasteiger charge is -2.05. The minimum Gasteiger partial charge on any atom is -0.421 e. The van der Waals surface area contributed by atoms with Crippen molar-refractivity contribution in [3.8, 4) is 11.5 Å². The van der Waals surface area contributed by atoms with Crippen molar-refractivity contribution in [2.75, 3.05) is 10.6 Å². The van der Waals surface area contributed by atoms with E-state index < -0.39 is 0 Å². The van der Waals surface area contributed by atoms with E-state index in [1.807, 2.05) is 39.0 Å². The molecule has 0 aliphatic rings. The number of benzene rings is 1. The Balaban J connectivity index is 1.61. The maximum Gasteiger partial charge on any atom is 0.324 e. The van der Waals surface area contributed by atoms with Crippen LogP contribution in [0, 0.1) is 0 Å². The third-order valence-electron chi connectivity index (χ3n) is 3.62. The van der Waals surface area contributed by atoms with E-state index in [1.54, 1.807) is 12.1 Å². The van der Waals surface area contributed by atoms with Gasteiger partial charge < -0.3 is 9.73 Å². The first-order chi connectivity index (χ1) is 12.0. The van der Waals surface area contributed by atoms with Crippen LogP contribution in [-0.4, -0.2) is 26.4 Å². The zero-order valence-corrected chi connectivity index (χ0v) is 14.3. The summed E-state index contributed by atoms with van der Waals surface area (Å²) in [7, 11) is 0. The average Bonchev–Trinajstić information content (AvgIpc) is 3.24. The molecular weight excluding hydrogens is 320 g/mol. The Morgan fingerprint density at radius 1 is 1.20 bits per heavy atom. The second-order valence-electron chi connectivity index (χ2n) is 5.87. The maximum atomic E-state index is 12.0. The third kappa shape index (κ3) is 4.03. The molecule has 0 saturated heterocycles. The number of hydrogen-bond donors (Lipinski definition) is 3. The molecule has 130 valence electrons. The molecule has 0 atom stereocenters. The first-order valence-corrected chi connectivity index (χ1v) is 8.11. The Morgan fingerprint density at radius 2 is 1.96 bits per heavy atom. The standard InChI is InChI=1S/C17H20N6O2/c1-4-15-22-23-16(25-15)11-5-7-12(8-6-11)18-17(24)19-14-9-13(10(2)3)20-21-14/h5-10H,4H2,1-3H3,(H3,18,19,20,21,24). The summed E-state index contributed by atoms with van der Waals surface area (Å²) in [6.07, 6.45) is 0.693. The average molecular weight is 340 g/mol. The van der Waals surface area contributed by atoms with Crippen molar-refractivity contribution in [2.24, 2.45) is 0 Å². The van der Waals surface area contributed by atoms with Gasteiger partial charge in [-0.2, -0.15) is 5.10 Å². The zero-order chi connectivity index (χ0) is 17.8. The van der Waals surface area contributed by atoms with Crippen LogP contribution in [0.3, 0.4) is 0 Å². The minimum absolute atomic E-state index is 0.316. The Morgan fingerprint density at radius 3 is 2.56 bits per heavy atom. The van der Waals surface area contributed by atoms with Gasteiger partial charge >= 0.3 is 6.03 Å². The number of aromatic nitrogens is 4. The van der Waals surface area contributed by atoms with Gasteiger partial charge in [0.2, 0.25) is 11.8 Å². The molecule has 3 rings (SSSR count). The molecule has 0 bridgehead atoms. The number of carbonyl (C=O) groups excluding carboxylic acids is 1. The van der Waals surface area contributed by atoms with Crippen LogP contribution in [0.4, 0.5) is 16.3 Å². The van der Waals surface area contributed by atoms with Crippen molar-refractivity contribution in [3.05, 3.63) is 41.9 Å². The SMILES string of the molecule is CCc1nnc(-c2ccc(NC(=O)Nc3cc(C(C)C)[nH]n3)cc2)o1. The van der Waals surface area contributed by atoms with Gasteiger partial charge in [0.15, 0.2) is 5.82 Å². The highest BCUT2D eigenvalue weighted by Gasteiger charge is 2.10. The molecule has 2 aromatic heterocycles. The van der Waals surface area contributed by atoms with Gasteiger partial charge in [-0.15, -0.1) is 10.2 Å².